The molecule has 3 heterocycles. The predicted octanol–water partition coefficient (Wildman–Crippen LogP) is 1.75. The number of piperazine rings is 1. The molecule has 4 rings (SSSR count). The van der Waals surface area contributed by atoms with Crippen LogP contribution in [0.25, 0.3) is 10.1 Å². The first-order chi connectivity index (χ1) is 12.6. The highest BCUT2D eigenvalue weighted by molar-refractivity contribution is 7.13. The van der Waals surface area contributed by atoms with Crippen LogP contribution < -0.4 is 10.2 Å². The van der Waals surface area contributed by atoms with E-state index in [1.807, 2.05) is 17.0 Å². The number of aromatic nitrogens is 1. The number of likely N-dealkylation sites (tertiary alicyclic amines) is 1. The van der Waals surface area contributed by atoms with Crippen LogP contribution in [0.2, 0.25) is 0 Å². The Morgan fingerprint density at radius 1 is 1.23 bits per heavy atom. The summed E-state index contributed by atoms with van der Waals surface area (Å²) in [5.74, 6) is 1.18. The molecule has 0 saturated carbocycles. The van der Waals surface area contributed by atoms with Crippen LogP contribution in [-0.2, 0) is 4.79 Å². The average Bonchev–Trinajstić information content (AvgIpc) is 3.09. The zero-order valence-corrected chi connectivity index (χ0v) is 15.7. The number of urea groups is 1. The van der Waals surface area contributed by atoms with Gasteiger partial charge in [-0.25, -0.2) is 4.79 Å². The van der Waals surface area contributed by atoms with Crippen molar-refractivity contribution in [3.8, 4) is 0 Å². The van der Waals surface area contributed by atoms with Crippen LogP contribution in [0.4, 0.5) is 10.6 Å². The summed E-state index contributed by atoms with van der Waals surface area (Å²) in [5.41, 5.74) is 0. The number of nitrogens with one attached hydrogen (secondary N) is 1. The van der Waals surface area contributed by atoms with Crippen molar-refractivity contribution in [2.24, 2.45) is 0 Å². The van der Waals surface area contributed by atoms with Gasteiger partial charge in [-0.15, -0.1) is 0 Å². The molecule has 138 valence electrons. The highest BCUT2D eigenvalue weighted by Crippen LogP contribution is 2.29. The fourth-order valence-corrected chi connectivity index (χ4v) is 4.41. The minimum Gasteiger partial charge on any atom is -0.352 e. The fourth-order valence-electron chi connectivity index (χ4n) is 3.62. The Balaban J connectivity index is 1.33. The number of hydrogen-bond acceptors (Lipinski definition) is 5. The number of fused-ring (bicyclic) bond motifs is 1. The number of anilines is 1. The number of piperidine rings is 1. The van der Waals surface area contributed by atoms with Crippen molar-refractivity contribution in [2.75, 3.05) is 44.7 Å². The molecular formula is C18H23N5O2S. The molecule has 1 aromatic heterocycles. The monoisotopic (exact) mass is 373 g/mol. The molecule has 1 unspecified atom stereocenters. The summed E-state index contributed by atoms with van der Waals surface area (Å²) < 4.78 is 5.80. The van der Waals surface area contributed by atoms with Gasteiger partial charge in [-0.05, 0) is 30.1 Å². The topological polar surface area (TPSA) is 68.8 Å². The summed E-state index contributed by atoms with van der Waals surface area (Å²) in [6.07, 6.45) is 1.23. The minimum atomic E-state index is -0.0273. The quantitative estimate of drug-likeness (QED) is 0.871. The number of amides is 3. The van der Waals surface area contributed by atoms with E-state index in [1.54, 1.807) is 11.9 Å². The van der Waals surface area contributed by atoms with E-state index in [-0.39, 0.29) is 18.0 Å². The van der Waals surface area contributed by atoms with Gasteiger partial charge in [0.2, 0.25) is 5.91 Å². The van der Waals surface area contributed by atoms with Crippen LogP contribution in [0.3, 0.4) is 0 Å². The molecule has 2 aliphatic rings. The van der Waals surface area contributed by atoms with Crippen molar-refractivity contribution >= 4 is 39.4 Å². The summed E-state index contributed by atoms with van der Waals surface area (Å²) in [5, 5.41) is 4.27. The molecule has 7 nitrogen and oxygen atoms in total. The lowest BCUT2D eigenvalue weighted by atomic mass is 10.1. The Morgan fingerprint density at radius 3 is 2.77 bits per heavy atom. The van der Waals surface area contributed by atoms with Gasteiger partial charge in [-0.2, -0.15) is 4.37 Å². The van der Waals surface area contributed by atoms with Crippen molar-refractivity contribution < 1.29 is 9.59 Å². The molecule has 0 bridgehead atoms. The zero-order chi connectivity index (χ0) is 18.1. The summed E-state index contributed by atoms with van der Waals surface area (Å²) in [4.78, 5) is 29.9. The van der Waals surface area contributed by atoms with Crippen molar-refractivity contribution in [3.05, 3.63) is 24.3 Å². The predicted molar refractivity (Wildman–Crippen MR) is 103 cm³/mol. The lowest BCUT2D eigenvalue weighted by Gasteiger charge is -2.37. The molecule has 1 N–H and O–H groups in total. The van der Waals surface area contributed by atoms with E-state index in [0.717, 1.165) is 25.3 Å². The maximum absolute atomic E-state index is 12.5. The zero-order valence-electron chi connectivity index (χ0n) is 14.9. The smallest absolute Gasteiger partial charge is 0.317 e. The molecule has 1 aromatic carbocycles. The van der Waals surface area contributed by atoms with Gasteiger partial charge >= 0.3 is 6.03 Å². The molecule has 0 aliphatic carbocycles. The van der Waals surface area contributed by atoms with Gasteiger partial charge < -0.3 is 20.0 Å². The summed E-state index contributed by atoms with van der Waals surface area (Å²) in [7, 11) is 1.79. The third-order valence-electron chi connectivity index (χ3n) is 5.18. The van der Waals surface area contributed by atoms with Crippen molar-refractivity contribution in [3.63, 3.8) is 0 Å². The normalized spacial score (nSPS) is 21.3. The number of rotatable bonds is 2. The molecular weight excluding hydrogens is 350 g/mol. The van der Waals surface area contributed by atoms with Crippen LogP contribution in [0.5, 0.6) is 0 Å². The summed E-state index contributed by atoms with van der Waals surface area (Å²) in [6, 6.07) is 8.28. The summed E-state index contributed by atoms with van der Waals surface area (Å²) >= 11 is 1.52. The third kappa shape index (κ3) is 3.33. The summed E-state index contributed by atoms with van der Waals surface area (Å²) in [6.45, 7) is 3.52. The Kier molecular flexibility index (Phi) is 4.67. The van der Waals surface area contributed by atoms with Gasteiger partial charge in [0.05, 0.1) is 4.70 Å². The number of carbonyl (C=O) groups is 2. The minimum absolute atomic E-state index is 0.0273. The molecule has 8 heteroatoms. The van der Waals surface area contributed by atoms with Crippen LogP contribution in [0.15, 0.2) is 24.3 Å². The van der Waals surface area contributed by atoms with E-state index in [2.05, 4.69) is 26.7 Å². The van der Waals surface area contributed by atoms with E-state index >= 15 is 0 Å². The number of nitrogens with zero attached hydrogens (tertiary/aromatic N) is 4. The molecule has 0 radical (unpaired) electrons. The maximum atomic E-state index is 12.5. The third-order valence-corrected chi connectivity index (χ3v) is 6.00. The molecule has 0 spiro atoms. The Morgan fingerprint density at radius 2 is 2.00 bits per heavy atom. The van der Waals surface area contributed by atoms with Gasteiger partial charge in [0.25, 0.3) is 0 Å². The maximum Gasteiger partial charge on any atom is 0.317 e. The Hall–Kier alpha value is -2.35. The Bertz CT molecular complexity index is 815. The highest BCUT2D eigenvalue weighted by atomic mass is 32.1. The Labute approximate surface area is 156 Å². The van der Waals surface area contributed by atoms with Crippen LogP contribution in [0.1, 0.15) is 12.8 Å². The van der Waals surface area contributed by atoms with Crippen molar-refractivity contribution in [1.82, 2.24) is 19.5 Å². The second kappa shape index (κ2) is 7.11. The fraction of sp³-hybridized carbons (Fsp3) is 0.500. The van der Waals surface area contributed by atoms with Crippen LogP contribution in [-0.4, -0.2) is 71.9 Å². The number of hydrogen-bond donors (Lipinski definition) is 1. The van der Waals surface area contributed by atoms with E-state index in [9.17, 15) is 9.59 Å². The molecule has 2 aliphatic heterocycles. The van der Waals surface area contributed by atoms with Gasteiger partial charge in [0.1, 0.15) is 5.82 Å². The second-order valence-corrected chi connectivity index (χ2v) is 7.74. The standard InChI is InChI=1S/C18H23N5O2S/c1-21-12-13(6-7-16(21)24)19-18(25)23-10-8-22(9-11-23)17-14-4-2-3-5-15(14)26-20-17/h2-5,13H,6-12H2,1H3,(H,19,25). The van der Waals surface area contributed by atoms with Crippen LogP contribution in [0, 0.1) is 0 Å². The number of likely N-dealkylation sites (N-methyl/N-ethyl adjacent to an activating group) is 1. The van der Waals surface area contributed by atoms with Gasteiger partial charge in [-0.1, -0.05) is 12.1 Å². The highest BCUT2D eigenvalue weighted by Gasteiger charge is 2.28. The lowest BCUT2D eigenvalue weighted by Crippen LogP contribution is -2.56. The van der Waals surface area contributed by atoms with Gasteiger partial charge in [0.15, 0.2) is 0 Å². The molecule has 2 aromatic rings. The van der Waals surface area contributed by atoms with Crippen molar-refractivity contribution in [1.29, 1.82) is 0 Å². The number of benzene rings is 1. The lowest BCUT2D eigenvalue weighted by molar-refractivity contribution is -0.132. The SMILES string of the molecule is CN1CC(NC(=O)N2CCN(c3nsc4ccccc34)CC2)CCC1=O. The van der Waals surface area contributed by atoms with Crippen molar-refractivity contribution in [2.45, 2.75) is 18.9 Å². The van der Waals surface area contributed by atoms with E-state index in [1.165, 1.54) is 21.6 Å². The van der Waals surface area contributed by atoms with Crippen LogP contribution >= 0.6 is 11.5 Å². The van der Waals surface area contributed by atoms with Gasteiger partial charge in [0, 0.05) is 57.6 Å². The first-order valence-corrected chi connectivity index (χ1v) is 9.78. The molecule has 2 saturated heterocycles. The van der Waals surface area contributed by atoms with Gasteiger partial charge in [-0.3, -0.25) is 4.79 Å². The van der Waals surface area contributed by atoms with E-state index < -0.39 is 0 Å². The van der Waals surface area contributed by atoms with E-state index in [4.69, 9.17) is 0 Å². The molecule has 26 heavy (non-hydrogen) atoms. The molecule has 1 atom stereocenters. The molecule has 3 amide bonds. The molecule has 2 fully saturated rings. The average molecular weight is 373 g/mol. The first kappa shape index (κ1) is 17.1. The largest absolute Gasteiger partial charge is 0.352 e. The number of carbonyl (C=O) groups excluding carboxylic acids is 2. The van der Waals surface area contributed by atoms with E-state index in [0.29, 0.717) is 26.1 Å². The second-order valence-electron chi connectivity index (χ2n) is 6.94. The first-order valence-electron chi connectivity index (χ1n) is 9.00.